The van der Waals surface area contributed by atoms with Crippen LogP contribution in [0.5, 0.6) is 0 Å². The molecule has 1 aliphatic heterocycles. The van der Waals surface area contributed by atoms with E-state index in [0.29, 0.717) is 5.95 Å². The Morgan fingerprint density at radius 2 is 2.05 bits per heavy atom. The Bertz CT molecular complexity index is 783. The minimum atomic E-state index is -0.337. The van der Waals surface area contributed by atoms with Crippen molar-refractivity contribution in [3.05, 3.63) is 54.5 Å². The summed E-state index contributed by atoms with van der Waals surface area (Å²) >= 11 is 0. The molecule has 5 nitrogen and oxygen atoms in total. The molecule has 0 radical (unpaired) electrons. The highest BCUT2D eigenvalue weighted by molar-refractivity contribution is 6.04. The summed E-state index contributed by atoms with van der Waals surface area (Å²) in [6.07, 6.45) is 12.3. The number of aliphatic imine (C=N–C) groups is 1. The molecule has 4 rings (SSSR count). The molecule has 3 heterocycles. The van der Waals surface area contributed by atoms with Gasteiger partial charge in [0.05, 0.1) is 5.69 Å². The van der Waals surface area contributed by atoms with E-state index in [1.165, 1.54) is 0 Å². The predicted molar refractivity (Wildman–Crippen MR) is 74.9 cm³/mol. The second-order valence-corrected chi connectivity index (χ2v) is 4.66. The van der Waals surface area contributed by atoms with E-state index in [4.69, 9.17) is 0 Å². The molecular formula is C15H10N4O. The van der Waals surface area contributed by atoms with Crippen LogP contribution >= 0.6 is 0 Å². The van der Waals surface area contributed by atoms with Crippen LogP contribution in [-0.4, -0.2) is 26.5 Å². The molecular weight excluding hydrogens is 252 g/mol. The Kier molecular flexibility index (Phi) is 2.26. The molecule has 2 aromatic heterocycles. The van der Waals surface area contributed by atoms with Gasteiger partial charge in [-0.3, -0.25) is 14.3 Å². The first kappa shape index (κ1) is 11.0. The van der Waals surface area contributed by atoms with Gasteiger partial charge in [-0.2, -0.15) is 0 Å². The monoisotopic (exact) mass is 262 g/mol. The minimum Gasteiger partial charge on any atom is -0.300 e. The van der Waals surface area contributed by atoms with Crippen LogP contribution in [-0.2, 0) is 4.79 Å². The Hall–Kier alpha value is -2.82. The Morgan fingerprint density at radius 1 is 1.20 bits per heavy atom. The van der Waals surface area contributed by atoms with Crippen molar-refractivity contribution in [2.75, 3.05) is 0 Å². The topological polar surface area (TPSA) is 60.1 Å². The van der Waals surface area contributed by atoms with Crippen LogP contribution in [0.25, 0.3) is 11.3 Å². The first-order valence-corrected chi connectivity index (χ1v) is 6.28. The minimum absolute atomic E-state index is 0.0496. The van der Waals surface area contributed by atoms with Crippen molar-refractivity contribution in [2.45, 2.75) is 6.04 Å². The van der Waals surface area contributed by atoms with Gasteiger partial charge in [0, 0.05) is 35.9 Å². The first-order valence-electron chi connectivity index (χ1n) is 6.28. The summed E-state index contributed by atoms with van der Waals surface area (Å²) in [5.41, 5.74) is 2.65. The first-order chi connectivity index (χ1) is 9.83. The molecule has 0 amide bonds. The van der Waals surface area contributed by atoms with E-state index in [2.05, 4.69) is 15.0 Å². The fourth-order valence-corrected chi connectivity index (χ4v) is 2.48. The van der Waals surface area contributed by atoms with Gasteiger partial charge in [0.15, 0.2) is 5.78 Å². The van der Waals surface area contributed by atoms with E-state index in [-0.39, 0.29) is 11.8 Å². The van der Waals surface area contributed by atoms with E-state index in [0.717, 1.165) is 16.8 Å². The fourth-order valence-electron chi connectivity index (χ4n) is 2.48. The zero-order valence-corrected chi connectivity index (χ0v) is 10.5. The van der Waals surface area contributed by atoms with Crippen molar-refractivity contribution in [2.24, 2.45) is 4.99 Å². The van der Waals surface area contributed by atoms with Crippen LogP contribution in [0.4, 0.5) is 5.95 Å². The quantitative estimate of drug-likeness (QED) is 0.792. The molecule has 2 aliphatic rings. The zero-order chi connectivity index (χ0) is 13.5. The Morgan fingerprint density at radius 3 is 2.90 bits per heavy atom. The van der Waals surface area contributed by atoms with E-state index in [9.17, 15) is 4.79 Å². The number of imidazole rings is 1. The normalized spacial score (nSPS) is 19.5. The fraction of sp³-hybridized carbons (Fsp3) is 0.0667. The third-order valence-corrected chi connectivity index (χ3v) is 3.43. The smallest absolute Gasteiger partial charge is 0.231 e. The van der Waals surface area contributed by atoms with Crippen LogP contribution in [0.1, 0.15) is 6.04 Å². The number of carbonyl (C=O) groups excluding carboxylic acids is 1. The highest BCUT2D eigenvalue weighted by Gasteiger charge is 2.29. The number of allylic oxidation sites excluding steroid dienone is 4. The molecule has 0 N–H and O–H groups in total. The van der Waals surface area contributed by atoms with Crippen molar-refractivity contribution >= 4 is 17.9 Å². The van der Waals surface area contributed by atoms with Gasteiger partial charge in [-0.25, -0.2) is 9.98 Å². The standard InChI is InChI=1S/C15H10N4O/c20-13-3-1-2-11-8-17-15-18-12(9-19(15)14(11)13)10-4-6-16-7-5-10/h1-9,14H. The lowest BCUT2D eigenvalue weighted by Gasteiger charge is -2.22. The summed E-state index contributed by atoms with van der Waals surface area (Å²) in [6.45, 7) is 0. The number of nitrogens with zero attached hydrogens (tertiary/aromatic N) is 4. The summed E-state index contributed by atoms with van der Waals surface area (Å²) in [6, 6.07) is 3.44. The van der Waals surface area contributed by atoms with Crippen LogP contribution in [0.2, 0.25) is 0 Å². The number of hydrogen-bond donors (Lipinski definition) is 0. The molecule has 2 aromatic rings. The van der Waals surface area contributed by atoms with Gasteiger partial charge in [-0.05, 0) is 18.2 Å². The van der Waals surface area contributed by atoms with Gasteiger partial charge in [0.2, 0.25) is 5.95 Å². The third-order valence-electron chi connectivity index (χ3n) is 3.43. The number of carbonyl (C=O) groups is 1. The molecule has 1 unspecified atom stereocenters. The number of ketones is 1. The van der Waals surface area contributed by atoms with Gasteiger partial charge < -0.3 is 0 Å². The molecule has 96 valence electrons. The lowest BCUT2D eigenvalue weighted by molar-refractivity contribution is -0.116. The lowest BCUT2D eigenvalue weighted by Crippen LogP contribution is -2.24. The highest BCUT2D eigenvalue weighted by atomic mass is 16.1. The summed E-state index contributed by atoms with van der Waals surface area (Å²) in [7, 11) is 0. The molecule has 1 atom stereocenters. The average molecular weight is 262 g/mol. The summed E-state index contributed by atoms with van der Waals surface area (Å²) in [5.74, 6) is 0.608. The summed E-state index contributed by atoms with van der Waals surface area (Å²) < 4.78 is 1.83. The van der Waals surface area contributed by atoms with Crippen LogP contribution in [0, 0.1) is 0 Å². The Labute approximate surface area is 115 Å². The van der Waals surface area contributed by atoms with Gasteiger partial charge >= 0.3 is 0 Å². The summed E-state index contributed by atoms with van der Waals surface area (Å²) in [5, 5.41) is 0. The highest BCUT2D eigenvalue weighted by Crippen LogP contribution is 2.33. The maximum absolute atomic E-state index is 12.1. The maximum atomic E-state index is 12.1. The molecule has 0 bridgehead atoms. The molecule has 0 fully saturated rings. The van der Waals surface area contributed by atoms with Crippen LogP contribution < -0.4 is 0 Å². The van der Waals surface area contributed by atoms with Crippen molar-refractivity contribution in [1.29, 1.82) is 0 Å². The van der Waals surface area contributed by atoms with Crippen molar-refractivity contribution in [3.63, 3.8) is 0 Å². The van der Waals surface area contributed by atoms with E-state index >= 15 is 0 Å². The Balaban J connectivity index is 1.85. The van der Waals surface area contributed by atoms with E-state index in [1.807, 2.05) is 29.0 Å². The zero-order valence-electron chi connectivity index (χ0n) is 10.5. The van der Waals surface area contributed by atoms with Crippen LogP contribution in [0.3, 0.4) is 0 Å². The second kappa shape index (κ2) is 4.09. The lowest BCUT2D eigenvalue weighted by atomic mass is 9.97. The number of pyridine rings is 1. The number of aromatic nitrogens is 3. The number of rotatable bonds is 1. The van der Waals surface area contributed by atoms with E-state index in [1.54, 1.807) is 30.8 Å². The molecule has 5 heteroatoms. The molecule has 0 saturated heterocycles. The molecule has 0 saturated carbocycles. The number of fused-ring (bicyclic) bond motifs is 3. The van der Waals surface area contributed by atoms with E-state index < -0.39 is 0 Å². The van der Waals surface area contributed by atoms with Crippen molar-refractivity contribution in [1.82, 2.24) is 14.5 Å². The van der Waals surface area contributed by atoms with Gasteiger partial charge in [0.25, 0.3) is 0 Å². The SMILES string of the molecule is O=C1C=CC=C2C=Nc3nc(-c4ccncc4)cn3C12. The largest absolute Gasteiger partial charge is 0.300 e. The maximum Gasteiger partial charge on any atom is 0.231 e. The van der Waals surface area contributed by atoms with Crippen molar-refractivity contribution < 1.29 is 4.79 Å². The number of hydrogen-bond acceptors (Lipinski definition) is 4. The molecule has 20 heavy (non-hydrogen) atoms. The van der Waals surface area contributed by atoms with Gasteiger partial charge in [0.1, 0.15) is 6.04 Å². The second-order valence-electron chi connectivity index (χ2n) is 4.66. The average Bonchev–Trinajstić information content (AvgIpc) is 2.92. The van der Waals surface area contributed by atoms with Gasteiger partial charge in [-0.15, -0.1) is 0 Å². The van der Waals surface area contributed by atoms with Gasteiger partial charge in [-0.1, -0.05) is 12.2 Å². The van der Waals surface area contributed by atoms with Crippen molar-refractivity contribution in [3.8, 4) is 11.3 Å². The third kappa shape index (κ3) is 1.56. The molecule has 0 spiro atoms. The predicted octanol–water partition coefficient (Wildman–Crippen LogP) is 2.27. The summed E-state index contributed by atoms with van der Waals surface area (Å²) in [4.78, 5) is 24.9. The molecule has 1 aliphatic carbocycles. The van der Waals surface area contributed by atoms with Crippen LogP contribution in [0.15, 0.2) is 59.5 Å². The molecule has 0 aromatic carbocycles.